The summed E-state index contributed by atoms with van der Waals surface area (Å²) in [7, 11) is 0. The van der Waals surface area contributed by atoms with Crippen LogP contribution in [0.15, 0.2) is 24.3 Å². The van der Waals surface area contributed by atoms with Crippen molar-refractivity contribution in [3.05, 3.63) is 35.4 Å². The summed E-state index contributed by atoms with van der Waals surface area (Å²) in [5.41, 5.74) is 1.88. The van der Waals surface area contributed by atoms with Crippen molar-refractivity contribution in [3.8, 4) is 0 Å². The molecular weight excluding hydrogens is 242 g/mol. The van der Waals surface area contributed by atoms with E-state index in [1.54, 1.807) is 0 Å². The van der Waals surface area contributed by atoms with Crippen LogP contribution in [0.3, 0.4) is 0 Å². The number of carbonyl (C=O) groups excluding carboxylic acids is 1. The topological polar surface area (TPSA) is 64.6 Å². The van der Waals surface area contributed by atoms with Gasteiger partial charge in [0, 0.05) is 32.7 Å². The lowest BCUT2D eigenvalue weighted by Crippen LogP contribution is -2.47. The number of piperazine rings is 1. The van der Waals surface area contributed by atoms with E-state index in [1.165, 1.54) is 0 Å². The molecule has 0 bridgehead atoms. The van der Waals surface area contributed by atoms with Crippen molar-refractivity contribution < 1.29 is 9.90 Å². The second-order valence-corrected chi connectivity index (χ2v) is 4.78. The predicted octanol–water partition coefficient (Wildman–Crippen LogP) is -0.300. The second-order valence-electron chi connectivity index (χ2n) is 4.78. The smallest absolute Gasteiger partial charge is 0.234 e. The molecule has 1 amide bonds. The third-order valence-corrected chi connectivity index (χ3v) is 3.24. The van der Waals surface area contributed by atoms with Crippen molar-refractivity contribution in [2.45, 2.75) is 13.2 Å². The largest absolute Gasteiger partial charge is 0.392 e. The van der Waals surface area contributed by atoms with E-state index in [1.807, 2.05) is 24.3 Å². The minimum absolute atomic E-state index is 0.0303. The van der Waals surface area contributed by atoms with Gasteiger partial charge in [0.05, 0.1) is 13.2 Å². The minimum Gasteiger partial charge on any atom is -0.392 e. The Hall–Kier alpha value is -1.43. The van der Waals surface area contributed by atoms with Crippen molar-refractivity contribution in [1.82, 2.24) is 15.5 Å². The van der Waals surface area contributed by atoms with Crippen molar-refractivity contribution in [1.29, 1.82) is 0 Å². The molecule has 0 aliphatic carbocycles. The number of amides is 1. The van der Waals surface area contributed by atoms with Gasteiger partial charge in [-0.05, 0) is 11.1 Å². The van der Waals surface area contributed by atoms with Gasteiger partial charge in [0.2, 0.25) is 5.91 Å². The van der Waals surface area contributed by atoms with Crippen LogP contribution in [0.25, 0.3) is 0 Å². The van der Waals surface area contributed by atoms with Crippen LogP contribution in [0.1, 0.15) is 11.1 Å². The Labute approximate surface area is 113 Å². The fourth-order valence-corrected chi connectivity index (χ4v) is 2.17. The molecule has 104 valence electrons. The van der Waals surface area contributed by atoms with Gasteiger partial charge in [-0.2, -0.15) is 0 Å². The molecule has 2 rings (SSSR count). The highest BCUT2D eigenvalue weighted by atomic mass is 16.3. The first kappa shape index (κ1) is 14.0. The fourth-order valence-electron chi connectivity index (χ4n) is 2.17. The van der Waals surface area contributed by atoms with E-state index < -0.39 is 0 Å². The quantitative estimate of drug-likeness (QED) is 0.682. The Morgan fingerprint density at radius 1 is 1.32 bits per heavy atom. The van der Waals surface area contributed by atoms with E-state index in [-0.39, 0.29) is 12.5 Å². The highest BCUT2D eigenvalue weighted by Crippen LogP contribution is 2.04. The normalized spacial score (nSPS) is 16.3. The Kier molecular flexibility index (Phi) is 5.32. The van der Waals surface area contributed by atoms with Crippen LogP contribution in [0.5, 0.6) is 0 Å². The van der Waals surface area contributed by atoms with Crippen LogP contribution in [-0.2, 0) is 17.9 Å². The molecule has 5 heteroatoms. The molecule has 1 aliphatic rings. The summed E-state index contributed by atoms with van der Waals surface area (Å²) >= 11 is 0. The molecule has 5 nitrogen and oxygen atoms in total. The van der Waals surface area contributed by atoms with Gasteiger partial charge in [-0.25, -0.2) is 0 Å². The Balaban J connectivity index is 1.76. The van der Waals surface area contributed by atoms with Crippen LogP contribution < -0.4 is 10.6 Å². The van der Waals surface area contributed by atoms with Gasteiger partial charge in [-0.3, -0.25) is 9.69 Å². The number of carbonyl (C=O) groups is 1. The van der Waals surface area contributed by atoms with Crippen molar-refractivity contribution in [2.24, 2.45) is 0 Å². The van der Waals surface area contributed by atoms with E-state index in [9.17, 15) is 4.79 Å². The Morgan fingerprint density at radius 3 is 2.79 bits per heavy atom. The summed E-state index contributed by atoms with van der Waals surface area (Å²) in [5, 5.41) is 15.2. The first-order chi connectivity index (χ1) is 9.28. The van der Waals surface area contributed by atoms with Gasteiger partial charge in [-0.1, -0.05) is 24.3 Å². The van der Waals surface area contributed by atoms with E-state index >= 15 is 0 Å². The van der Waals surface area contributed by atoms with E-state index in [2.05, 4.69) is 15.5 Å². The summed E-state index contributed by atoms with van der Waals surface area (Å²) in [6, 6.07) is 7.62. The molecule has 1 fully saturated rings. The summed E-state index contributed by atoms with van der Waals surface area (Å²) in [6.07, 6.45) is 0. The monoisotopic (exact) mass is 263 g/mol. The Morgan fingerprint density at radius 2 is 2.05 bits per heavy atom. The second kappa shape index (κ2) is 7.23. The molecule has 1 aromatic rings. The van der Waals surface area contributed by atoms with Gasteiger partial charge in [0.25, 0.3) is 0 Å². The maximum Gasteiger partial charge on any atom is 0.234 e. The highest BCUT2D eigenvalue weighted by Gasteiger charge is 2.12. The molecule has 0 spiro atoms. The van der Waals surface area contributed by atoms with Crippen LogP contribution in [0.4, 0.5) is 0 Å². The predicted molar refractivity (Wildman–Crippen MR) is 73.5 cm³/mol. The van der Waals surface area contributed by atoms with E-state index in [0.717, 1.165) is 37.3 Å². The fraction of sp³-hybridized carbons (Fsp3) is 0.500. The summed E-state index contributed by atoms with van der Waals surface area (Å²) in [6.45, 7) is 4.75. The number of hydrogen-bond acceptors (Lipinski definition) is 4. The number of rotatable bonds is 5. The molecule has 1 aromatic carbocycles. The lowest BCUT2D eigenvalue weighted by atomic mass is 10.1. The zero-order valence-electron chi connectivity index (χ0n) is 11.1. The van der Waals surface area contributed by atoms with Gasteiger partial charge in [0.1, 0.15) is 0 Å². The number of hydrogen-bond donors (Lipinski definition) is 3. The number of aliphatic hydroxyl groups is 1. The first-order valence-corrected chi connectivity index (χ1v) is 6.66. The summed E-state index contributed by atoms with van der Waals surface area (Å²) in [5.74, 6) is 0.0521. The standard InChI is InChI=1S/C14H21N3O2/c18-11-13-3-1-2-12(8-13)9-16-14(19)10-17-6-4-15-5-7-17/h1-3,8,15,18H,4-7,9-11H2,(H,16,19). The number of aliphatic hydroxyl groups excluding tert-OH is 1. The molecule has 0 radical (unpaired) electrons. The summed E-state index contributed by atoms with van der Waals surface area (Å²) < 4.78 is 0. The molecule has 1 heterocycles. The third kappa shape index (κ3) is 4.63. The third-order valence-electron chi connectivity index (χ3n) is 3.24. The molecule has 0 aromatic heterocycles. The van der Waals surface area contributed by atoms with E-state index in [0.29, 0.717) is 13.1 Å². The van der Waals surface area contributed by atoms with Crippen LogP contribution in [-0.4, -0.2) is 48.6 Å². The SMILES string of the molecule is O=C(CN1CCNCC1)NCc1cccc(CO)c1. The molecule has 0 saturated carbocycles. The van der Waals surface area contributed by atoms with Gasteiger partial charge in [0.15, 0.2) is 0 Å². The molecule has 1 aliphatic heterocycles. The van der Waals surface area contributed by atoms with Gasteiger partial charge < -0.3 is 15.7 Å². The number of benzene rings is 1. The molecule has 1 saturated heterocycles. The maximum atomic E-state index is 11.8. The van der Waals surface area contributed by atoms with Crippen LogP contribution in [0.2, 0.25) is 0 Å². The van der Waals surface area contributed by atoms with Crippen molar-refractivity contribution in [3.63, 3.8) is 0 Å². The lowest BCUT2D eigenvalue weighted by Gasteiger charge is -2.26. The van der Waals surface area contributed by atoms with E-state index in [4.69, 9.17) is 5.11 Å². The van der Waals surface area contributed by atoms with Gasteiger partial charge in [-0.15, -0.1) is 0 Å². The average Bonchev–Trinajstić information content (AvgIpc) is 2.46. The van der Waals surface area contributed by atoms with Crippen LogP contribution >= 0.6 is 0 Å². The highest BCUT2D eigenvalue weighted by molar-refractivity contribution is 5.78. The number of nitrogens with zero attached hydrogens (tertiary/aromatic N) is 1. The Bertz CT molecular complexity index is 417. The zero-order valence-corrected chi connectivity index (χ0v) is 11.1. The van der Waals surface area contributed by atoms with Gasteiger partial charge >= 0.3 is 0 Å². The average molecular weight is 263 g/mol. The number of nitrogens with one attached hydrogen (secondary N) is 2. The zero-order chi connectivity index (χ0) is 13.5. The molecular formula is C14H21N3O2. The molecule has 0 atom stereocenters. The maximum absolute atomic E-state index is 11.8. The minimum atomic E-state index is 0.0303. The molecule has 0 unspecified atom stereocenters. The van der Waals surface area contributed by atoms with Crippen molar-refractivity contribution in [2.75, 3.05) is 32.7 Å². The molecule has 3 N–H and O–H groups in total. The summed E-state index contributed by atoms with van der Waals surface area (Å²) in [4.78, 5) is 14.0. The lowest BCUT2D eigenvalue weighted by molar-refractivity contribution is -0.122. The first-order valence-electron chi connectivity index (χ1n) is 6.66. The molecule has 19 heavy (non-hydrogen) atoms. The van der Waals surface area contributed by atoms with Crippen molar-refractivity contribution >= 4 is 5.91 Å². The van der Waals surface area contributed by atoms with Crippen LogP contribution in [0, 0.1) is 0 Å².